The van der Waals surface area contributed by atoms with Crippen LogP contribution < -0.4 is 4.74 Å². The summed E-state index contributed by atoms with van der Waals surface area (Å²) in [5.41, 5.74) is 1.02. The highest BCUT2D eigenvalue weighted by Crippen LogP contribution is 2.45. The quantitative estimate of drug-likeness (QED) is 0.668. The first-order valence-corrected chi connectivity index (χ1v) is 7.36. The van der Waals surface area contributed by atoms with E-state index in [1.54, 1.807) is 19.1 Å². The molecule has 2 aromatic rings. The van der Waals surface area contributed by atoms with Crippen LogP contribution in [0.25, 0.3) is 16.8 Å². The van der Waals surface area contributed by atoms with Gasteiger partial charge in [0, 0.05) is 16.3 Å². The van der Waals surface area contributed by atoms with E-state index >= 15 is 0 Å². The Morgan fingerprint density at radius 2 is 2.18 bits per heavy atom. The van der Waals surface area contributed by atoms with Crippen molar-refractivity contribution in [2.45, 2.75) is 6.92 Å². The fourth-order valence-electron chi connectivity index (χ4n) is 2.43. The molecule has 112 valence electrons. The predicted molar refractivity (Wildman–Crippen MR) is 83.9 cm³/mol. The monoisotopic (exact) mass is 362 g/mol. The number of carbonyl (C=O) groups excluding carboxylic acids is 2. The van der Waals surface area contributed by atoms with Crippen LogP contribution in [0.1, 0.15) is 22.8 Å². The highest BCUT2D eigenvalue weighted by Gasteiger charge is 2.25. The third kappa shape index (κ3) is 2.16. The topological polar surface area (TPSA) is 72.8 Å². The number of hydrogen-bond donors (Lipinski definition) is 1. The summed E-state index contributed by atoms with van der Waals surface area (Å²) in [5.74, 6) is -0.176. The van der Waals surface area contributed by atoms with Gasteiger partial charge in [0.05, 0.1) is 11.1 Å². The van der Waals surface area contributed by atoms with Crippen LogP contribution in [0.3, 0.4) is 0 Å². The van der Waals surface area contributed by atoms with Gasteiger partial charge in [0.25, 0.3) is 0 Å². The second kappa shape index (κ2) is 5.46. The van der Waals surface area contributed by atoms with Crippen LogP contribution in [0.15, 0.2) is 28.4 Å². The van der Waals surface area contributed by atoms with Gasteiger partial charge in [0.2, 0.25) is 5.76 Å². The molecule has 2 aromatic carbocycles. The van der Waals surface area contributed by atoms with Gasteiger partial charge in [-0.1, -0.05) is 12.1 Å². The summed E-state index contributed by atoms with van der Waals surface area (Å²) >= 11 is 3.31. The summed E-state index contributed by atoms with van der Waals surface area (Å²) in [5, 5.41) is 11.1. The van der Waals surface area contributed by atoms with Crippen LogP contribution in [0.5, 0.6) is 11.5 Å². The first-order chi connectivity index (χ1) is 10.6. The van der Waals surface area contributed by atoms with Crippen molar-refractivity contribution in [1.29, 1.82) is 0 Å². The Morgan fingerprint density at radius 3 is 2.86 bits per heavy atom. The lowest BCUT2D eigenvalue weighted by Crippen LogP contribution is -2.15. The zero-order chi connectivity index (χ0) is 15.9. The van der Waals surface area contributed by atoms with Gasteiger partial charge in [0.15, 0.2) is 12.0 Å². The SMILES string of the molecule is CCOC(=O)C1=Cc2ccc(C=O)c3c(O)cc(Br)c(c23)O1. The standard InChI is InChI=1S/C16H11BrO5/c1-2-21-16(20)12-5-8-3-4-9(7-18)13-11(19)6-10(17)15(22-12)14(8)13/h3-7,19H,2H2,1H3. The van der Waals surface area contributed by atoms with Crippen molar-refractivity contribution in [2.75, 3.05) is 6.61 Å². The van der Waals surface area contributed by atoms with Crippen LogP contribution in [-0.4, -0.2) is 24.0 Å². The first kappa shape index (κ1) is 14.6. The lowest BCUT2D eigenvalue weighted by Gasteiger charge is -2.20. The summed E-state index contributed by atoms with van der Waals surface area (Å²) in [6, 6.07) is 4.72. The Balaban J connectivity index is 2.31. The van der Waals surface area contributed by atoms with Gasteiger partial charge in [-0.3, -0.25) is 4.79 Å². The normalized spacial score (nSPS) is 12.5. The summed E-state index contributed by atoms with van der Waals surface area (Å²) in [6.07, 6.45) is 2.20. The van der Waals surface area contributed by atoms with Crippen LogP contribution in [0, 0.1) is 0 Å². The van der Waals surface area contributed by atoms with Crippen molar-refractivity contribution in [3.05, 3.63) is 39.6 Å². The van der Waals surface area contributed by atoms with E-state index < -0.39 is 5.97 Å². The number of phenolic OH excluding ortho intramolecular Hbond substituents is 1. The number of aromatic hydroxyl groups is 1. The number of carbonyl (C=O) groups is 2. The Bertz CT molecular complexity index is 838. The van der Waals surface area contributed by atoms with Crippen molar-refractivity contribution in [3.8, 4) is 11.5 Å². The van der Waals surface area contributed by atoms with E-state index in [0.29, 0.717) is 38.4 Å². The highest BCUT2D eigenvalue weighted by molar-refractivity contribution is 9.10. The van der Waals surface area contributed by atoms with E-state index in [4.69, 9.17) is 9.47 Å². The van der Waals surface area contributed by atoms with Gasteiger partial charge in [-0.15, -0.1) is 0 Å². The summed E-state index contributed by atoms with van der Waals surface area (Å²) in [4.78, 5) is 23.1. The summed E-state index contributed by atoms with van der Waals surface area (Å²) in [7, 11) is 0. The van der Waals surface area contributed by atoms with Crippen LogP contribution in [0.2, 0.25) is 0 Å². The van der Waals surface area contributed by atoms with Gasteiger partial charge in [-0.25, -0.2) is 4.79 Å². The zero-order valence-electron chi connectivity index (χ0n) is 11.6. The lowest BCUT2D eigenvalue weighted by molar-refractivity contribution is -0.140. The summed E-state index contributed by atoms with van der Waals surface area (Å²) < 4.78 is 11.0. The molecule has 0 atom stereocenters. The van der Waals surface area contributed by atoms with Gasteiger partial charge >= 0.3 is 5.97 Å². The maximum atomic E-state index is 11.9. The fraction of sp³-hybridized carbons (Fsp3) is 0.125. The number of esters is 1. The molecule has 1 aliphatic heterocycles. The molecule has 0 bridgehead atoms. The Kier molecular flexibility index (Phi) is 3.62. The van der Waals surface area contributed by atoms with Gasteiger partial charge < -0.3 is 14.6 Å². The van der Waals surface area contributed by atoms with Gasteiger partial charge in [0.1, 0.15) is 5.75 Å². The fourth-order valence-corrected chi connectivity index (χ4v) is 2.93. The van der Waals surface area contributed by atoms with Crippen molar-refractivity contribution in [1.82, 2.24) is 0 Å². The summed E-state index contributed by atoms with van der Waals surface area (Å²) in [6.45, 7) is 1.95. The molecule has 0 saturated carbocycles. The third-order valence-electron chi connectivity index (χ3n) is 3.34. The minimum Gasteiger partial charge on any atom is -0.507 e. The molecule has 0 saturated heterocycles. The molecule has 6 heteroatoms. The number of rotatable bonds is 3. The van der Waals surface area contributed by atoms with Crippen molar-refractivity contribution in [2.24, 2.45) is 0 Å². The Hall–Kier alpha value is -2.34. The molecule has 5 nitrogen and oxygen atoms in total. The van der Waals surface area contributed by atoms with E-state index in [-0.39, 0.29) is 18.1 Å². The Labute approximate surface area is 134 Å². The maximum Gasteiger partial charge on any atom is 0.374 e. The lowest BCUT2D eigenvalue weighted by atomic mass is 9.96. The van der Waals surface area contributed by atoms with Crippen molar-refractivity contribution >= 4 is 45.0 Å². The molecule has 22 heavy (non-hydrogen) atoms. The van der Waals surface area contributed by atoms with Gasteiger partial charge in [-0.05, 0) is 40.6 Å². The molecule has 0 aromatic heterocycles. The molecule has 3 rings (SSSR count). The molecular formula is C16H11BrO5. The number of aldehydes is 1. The highest BCUT2D eigenvalue weighted by atomic mass is 79.9. The molecule has 0 radical (unpaired) electrons. The van der Waals surface area contributed by atoms with E-state index in [1.165, 1.54) is 12.1 Å². The zero-order valence-corrected chi connectivity index (χ0v) is 13.1. The molecule has 0 spiro atoms. The number of hydrogen-bond acceptors (Lipinski definition) is 5. The molecule has 0 fully saturated rings. The minimum atomic E-state index is -0.569. The predicted octanol–water partition coefficient (Wildman–Crippen LogP) is 3.42. The van der Waals surface area contributed by atoms with E-state index in [1.807, 2.05) is 0 Å². The molecule has 1 aliphatic rings. The van der Waals surface area contributed by atoms with Crippen LogP contribution >= 0.6 is 15.9 Å². The molecule has 0 amide bonds. The molecule has 1 heterocycles. The number of halogens is 1. The Morgan fingerprint density at radius 1 is 1.41 bits per heavy atom. The van der Waals surface area contributed by atoms with E-state index in [0.717, 1.165) is 0 Å². The molecule has 0 aliphatic carbocycles. The smallest absolute Gasteiger partial charge is 0.374 e. The second-order valence-corrected chi connectivity index (χ2v) is 5.50. The van der Waals surface area contributed by atoms with E-state index in [2.05, 4.69) is 15.9 Å². The van der Waals surface area contributed by atoms with Gasteiger partial charge in [-0.2, -0.15) is 0 Å². The minimum absolute atomic E-state index is 0.0360. The molecular weight excluding hydrogens is 352 g/mol. The molecule has 0 unspecified atom stereocenters. The number of benzene rings is 2. The number of ether oxygens (including phenoxy) is 2. The average molecular weight is 363 g/mol. The van der Waals surface area contributed by atoms with E-state index in [9.17, 15) is 14.7 Å². The van der Waals surface area contributed by atoms with Crippen LogP contribution in [0.4, 0.5) is 0 Å². The average Bonchev–Trinajstić information content (AvgIpc) is 2.51. The molecule has 1 N–H and O–H groups in total. The third-order valence-corrected chi connectivity index (χ3v) is 3.92. The second-order valence-electron chi connectivity index (χ2n) is 4.65. The number of phenols is 1. The van der Waals surface area contributed by atoms with Crippen molar-refractivity contribution < 1.29 is 24.2 Å². The largest absolute Gasteiger partial charge is 0.507 e. The van der Waals surface area contributed by atoms with Crippen LogP contribution in [-0.2, 0) is 9.53 Å². The first-order valence-electron chi connectivity index (χ1n) is 6.56. The van der Waals surface area contributed by atoms with Crippen molar-refractivity contribution in [3.63, 3.8) is 0 Å². The maximum absolute atomic E-state index is 11.9.